The van der Waals surface area contributed by atoms with Gasteiger partial charge in [0, 0.05) is 62.9 Å². The Morgan fingerprint density at radius 3 is 2.53 bits per heavy atom. The van der Waals surface area contributed by atoms with Gasteiger partial charge in [-0.05, 0) is 102 Å². The van der Waals surface area contributed by atoms with Crippen molar-refractivity contribution >= 4 is 28.3 Å². The first-order valence-corrected chi connectivity index (χ1v) is 23.5. The zero-order valence-electron chi connectivity index (χ0n) is 37.8. The molecular formula is C52H62N4O10. The molecule has 1 saturated heterocycles. The van der Waals surface area contributed by atoms with Crippen molar-refractivity contribution in [3.8, 4) is 11.5 Å². The van der Waals surface area contributed by atoms with Crippen molar-refractivity contribution in [1.82, 2.24) is 9.80 Å². The molecule has 0 unspecified atom stereocenters. The number of aliphatic hydroxyl groups is 2. The zero-order valence-corrected chi connectivity index (χ0v) is 37.8. The number of hydrogen-bond acceptors (Lipinski definition) is 12. The molecule has 0 bridgehead atoms. The molecule has 2 aliphatic carbocycles. The summed E-state index contributed by atoms with van der Waals surface area (Å²) in [5.74, 6) is -0.824. The molecule has 4 aromatic rings. The Morgan fingerprint density at radius 2 is 1.79 bits per heavy atom. The molecule has 4 aliphatic rings. The molecule has 2 aliphatic heterocycles. The average Bonchev–Trinajstić information content (AvgIpc) is 4.16. The molecule has 6 atom stereocenters. The van der Waals surface area contributed by atoms with Gasteiger partial charge in [0.2, 0.25) is 5.79 Å². The highest BCUT2D eigenvalue weighted by Crippen LogP contribution is 2.62. The highest BCUT2D eigenvalue weighted by atomic mass is 16.7. The van der Waals surface area contributed by atoms with E-state index in [-0.39, 0.29) is 69.4 Å². The topological polar surface area (TPSA) is 165 Å². The van der Waals surface area contributed by atoms with Gasteiger partial charge >= 0.3 is 6.09 Å². The van der Waals surface area contributed by atoms with E-state index in [1.807, 2.05) is 36.4 Å². The summed E-state index contributed by atoms with van der Waals surface area (Å²) >= 11 is 0. The van der Waals surface area contributed by atoms with E-state index in [9.17, 15) is 25.1 Å². The molecule has 8 rings (SSSR count). The van der Waals surface area contributed by atoms with E-state index in [4.69, 9.17) is 28.9 Å². The predicted molar refractivity (Wildman–Crippen MR) is 251 cm³/mol. The quantitative estimate of drug-likeness (QED) is 0.0240. The second-order valence-corrected chi connectivity index (χ2v) is 17.6. The number of rotatable bonds is 23. The maximum Gasteiger partial charge on any atom is 0.410 e. The van der Waals surface area contributed by atoms with E-state index >= 15 is 0 Å². The summed E-state index contributed by atoms with van der Waals surface area (Å²) in [6, 6.07) is 25.6. The standard InChI is InChI=1S/C52H62N4O10/c1-3-29-64-52-48(55(51(59)62-4-2)34-39-15-11-14-37-12-5-6-16-42(37)39)33-46(53-65-35-36-18-20-40(21-19-36)56(60)61)44-31-38(13-7-9-27-57)43(17-8-10-28-58)49(50(44)52)45-32-41(22-23-47(45)66-52)63-30-26-54-24-25-54/h3,5-6,11-12,14-16,18-23,31-32,38,43,48-50,57-58H,1,4,7-10,13,17,24-30,33-35H2,2H3/t38-,43+,48-,49+,50+,52+/m0/s1. The molecule has 0 radical (unpaired) electrons. The molecule has 2 heterocycles. The molecule has 4 aromatic carbocycles. The highest BCUT2D eigenvalue weighted by Gasteiger charge is 2.65. The molecule has 2 fully saturated rings. The monoisotopic (exact) mass is 902 g/mol. The Labute approximate surface area is 386 Å². The number of nitro benzene ring substituents is 1. The van der Waals surface area contributed by atoms with E-state index in [1.54, 1.807) is 30.0 Å². The van der Waals surface area contributed by atoms with E-state index in [1.165, 1.54) is 12.1 Å². The van der Waals surface area contributed by atoms with Gasteiger partial charge in [-0.1, -0.05) is 72.6 Å². The number of hydrogen-bond donors (Lipinski definition) is 2. The van der Waals surface area contributed by atoms with Gasteiger partial charge in [0.25, 0.3) is 5.69 Å². The van der Waals surface area contributed by atoms with Gasteiger partial charge in [-0.2, -0.15) is 0 Å². The first-order valence-electron chi connectivity index (χ1n) is 23.5. The first kappa shape index (κ1) is 46.7. The lowest BCUT2D eigenvalue weighted by atomic mass is 9.55. The summed E-state index contributed by atoms with van der Waals surface area (Å²) in [5, 5.41) is 38.4. The van der Waals surface area contributed by atoms with Crippen LogP contribution in [-0.2, 0) is 27.5 Å². The maximum atomic E-state index is 14.8. The first-order chi connectivity index (χ1) is 32.3. The van der Waals surface area contributed by atoms with Crippen LogP contribution in [0.5, 0.6) is 11.5 Å². The Morgan fingerprint density at radius 1 is 1.02 bits per heavy atom. The number of nitrogens with zero attached hydrogens (tertiary/aromatic N) is 4. The minimum Gasteiger partial charge on any atom is -0.492 e. The van der Waals surface area contributed by atoms with Gasteiger partial charge in [0.1, 0.15) is 30.8 Å². The van der Waals surface area contributed by atoms with Crippen molar-refractivity contribution in [2.45, 2.75) is 82.8 Å². The minimum atomic E-state index is -1.49. The molecular weight excluding hydrogens is 841 g/mol. The van der Waals surface area contributed by atoms with Gasteiger partial charge in [-0.3, -0.25) is 19.9 Å². The van der Waals surface area contributed by atoms with Crippen molar-refractivity contribution in [2.24, 2.45) is 22.9 Å². The largest absolute Gasteiger partial charge is 0.492 e. The van der Waals surface area contributed by atoms with Crippen LogP contribution in [-0.4, -0.2) is 101 Å². The van der Waals surface area contributed by atoms with Crippen LogP contribution in [0.15, 0.2) is 114 Å². The van der Waals surface area contributed by atoms with E-state index < -0.39 is 28.8 Å². The van der Waals surface area contributed by atoms with Crippen LogP contribution in [0, 0.1) is 27.9 Å². The zero-order chi connectivity index (χ0) is 46.0. The number of carbonyl (C=O) groups excluding carboxylic acids is 1. The summed E-state index contributed by atoms with van der Waals surface area (Å²) in [6.07, 6.45) is 8.11. The van der Waals surface area contributed by atoms with Crippen molar-refractivity contribution in [3.63, 3.8) is 0 Å². The third-order valence-corrected chi connectivity index (χ3v) is 13.5. The number of allylic oxidation sites excluding steroid dienone is 1. The molecule has 1 amide bonds. The summed E-state index contributed by atoms with van der Waals surface area (Å²) in [4.78, 5) is 36.0. The minimum absolute atomic E-state index is 0.0210. The number of benzene rings is 4. The lowest BCUT2D eigenvalue weighted by Gasteiger charge is -2.59. The molecule has 2 N–H and O–H groups in total. The summed E-state index contributed by atoms with van der Waals surface area (Å²) in [7, 11) is 0. The van der Waals surface area contributed by atoms with Crippen molar-refractivity contribution < 1.29 is 43.7 Å². The van der Waals surface area contributed by atoms with Crippen LogP contribution in [0.2, 0.25) is 0 Å². The Hall–Kier alpha value is -5.80. The van der Waals surface area contributed by atoms with Gasteiger partial charge in [0.15, 0.2) is 0 Å². The van der Waals surface area contributed by atoms with Crippen LogP contribution in [0.3, 0.4) is 0 Å². The molecule has 14 heteroatoms. The summed E-state index contributed by atoms with van der Waals surface area (Å²) < 4.78 is 26.9. The second kappa shape index (κ2) is 21.7. The smallest absolute Gasteiger partial charge is 0.410 e. The van der Waals surface area contributed by atoms with Crippen LogP contribution in [0.4, 0.5) is 10.5 Å². The number of fused-ring (bicyclic) bond motifs is 3. The van der Waals surface area contributed by atoms with Crippen LogP contribution >= 0.6 is 0 Å². The molecule has 66 heavy (non-hydrogen) atoms. The normalized spacial score (nSPS) is 23.5. The number of amides is 1. The van der Waals surface area contributed by atoms with Crippen molar-refractivity contribution in [2.75, 3.05) is 52.7 Å². The second-order valence-electron chi connectivity index (χ2n) is 17.6. The number of aliphatic hydroxyl groups excluding tert-OH is 2. The fraction of sp³-hybridized carbons (Fsp3) is 0.462. The maximum absolute atomic E-state index is 14.8. The van der Waals surface area contributed by atoms with Crippen LogP contribution in [0.25, 0.3) is 10.8 Å². The Balaban J connectivity index is 1.32. The third kappa shape index (κ3) is 10.3. The fourth-order valence-corrected chi connectivity index (χ4v) is 10.3. The summed E-state index contributed by atoms with van der Waals surface area (Å²) in [6.45, 7) is 10.0. The van der Waals surface area contributed by atoms with Crippen LogP contribution in [0.1, 0.15) is 74.5 Å². The Kier molecular flexibility index (Phi) is 15.3. The van der Waals surface area contributed by atoms with Gasteiger partial charge < -0.3 is 34.0 Å². The van der Waals surface area contributed by atoms with E-state index in [2.05, 4.69) is 41.8 Å². The Bertz CT molecular complexity index is 2380. The molecule has 14 nitrogen and oxygen atoms in total. The average molecular weight is 903 g/mol. The van der Waals surface area contributed by atoms with Gasteiger partial charge in [0.05, 0.1) is 36.3 Å². The number of ether oxygens (including phenoxy) is 4. The number of nitro groups is 1. The lowest BCUT2D eigenvalue weighted by Crippen LogP contribution is -2.70. The van der Waals surface area contributed by atoms with Gasteiger partial charge in [-0.25, -0.2) is 4.79 Å². The fourth-order valence-electron chi connectivity index (χ4n) is 10.3. The number of oxime groups is 1. The highest BCUT2D eigenvalue weighted by molar-refractivity contribution is 6.03. The van der Waals surface area contributed by atoms with E-state index in [0.717, 1.165) is 78.5 Å². The molecule has 0 aromatic heterocycles. The number of non-ortho nitro benzene ring substituents is 1. The van der Waals surface area contributed by atoms with Crippen molar-refractivity contribution in [1.29, 1.82) is 0 Å². The molecule has 0 spiro atoms. The van der Waals surface area contributed by atoms with Crippen LogP contribution < -0.4 is 9.47 Å². The molecule has 1 saturated carbocycles. The van der Waals surface area contributed by atoms with E-state index in [0.29, 0.717) is 36.5 Å². The predicted octanol–water partition coefficient (Wildman–Crippen LogP) is 8.93. The lowest BCUT2D eigenvalue weighted by molar-refractivity contribution is -0.384. The van der Waals surface area contributed by atoms with Gasteiger partial charge in [-0.15, -0.1) is 6.58 Å². The van der Waals surface area contributed by atoms with Crippen molar-refractivity contribution in [3.05, 3.63) is 136 Å². The third-order valence-electron chi connectivity index (χ3n) is 13.5. The SMILES string of the molecule is C=CCO[C@@]12Oc3ccc(OCCN4CC4)cc3[C@H]3[C@H](CCCCO)[C@@H](CCCCO)C=C(C(=NOCc4ccc([N+](=O)[O-])cc4)C[C@@H]1N(Cc1cccc4ccccc14)C(=O)OCC)[C@H]32. The number of unbranched alkanes of at least 4 members (excludes halogenated alkanes) is 2. The molecule has 350 valence electrons. The number of carbonyl (C=O) groups is 1. The summed E-state index contributed by atoms with van der Waals surface area (Å²) in [5.41, 5.74) is 4.09.